The molecule has 2 N–H and O–H groups in total. The van der Waals surface area contributed by atoms with Crippen LogP contribution in [0.25, 0.3) is 0 Å². The second-order valence-electron chi connectivity index (χ2n) is 5.88. The summed E-state index contributed by atoms with van der Waals surface area (Å²) in [6, 6.07) is 18.3. The van der Waals surface area contributed by atoms with E-state index in [9.17, 15) is 13.2 Å². The summed E-state index contributed by atoms with van der Waals surface area (Å²) >= 11 is 0. The number of anilines is 1. The highest BCUT2D eigenvalue weighted by atomic mass is 32.2. The van der Waals surface area contributed by atoms with Crippen LogP contribution in [0.5, 0.6) is 0 Å². The molecule has 1 amide bonds. The predicted octanol–water partition coefficient (Wildman–Crippen LogP) is 3.04. The molecule has 3 rings (SSSR count). The van der Waals surface area contributed by atoms with Crippen LogP contribution in [-0.2, 0) is 10.0 Å². The molecule has 3 aromatic rings. The zero-order chi connectivity index (χ0) is 20.0. The number of hydrogen-bond acceptors (Lipinski definition) is 5. The number of hydrogen-bond donors (Lipinski definition) is 2. The van der Waals surface area contributed by atoms with Crippen LogP contribution in [-0.4, -0.2) is 25.0 Å². The van der Waals surface area contributed by atoms with E-state index in [0.29, 0.717) is 17.0 Å². The number of nitrogens with zero attached hydrogens (tertiary/aromatic N) is 2. The summed E-state index contributed by atoms with van der Waals surface area (Å²) in [7, 11) is -3.72. The number of pyridine rings is 1. The normalized spacial score (nSPS) is 11.7. The molecule has 0 spiro atoms. The average Bonchev–Trinajstić information content (AvgIpc) is 2.74. The van der Waals surface area contributed by atoms with Gasteiger partial charge in [0, 0.05) is 18.1 Å². The number of hydrazone groups is 1. The molecule has 0 saturated carbocycles. The van der Waals surface area contributed by atoms with Gasteiger partial charge in [0.2, 0.25) is 0 Å². The van der Waals surface area contributed by atoms with Gasteiger partial charge in [0.25, 0.3) is 15.9 Å². The van der Waals surface area contributed by atoms with Crippen molar-refractivity contribution in [1.29, 1.82) is 0 Å². The minimum atomic E-state index is -3.72. The van der Waals surface area contributed by atoms with Crippen LogP contribution < -0.4 is 10.1 Å². The molecule has 0 aliphatic heterocycles. The lowest BCUT2D eigenvalue weighted by Gasteiger charge is -2.07. The summed E-state index contributed by atoms with van der Waals surface area (Å²) < 4.78 is 24.4. The maximum atomic E-state index is 12.2. The van der Waals surface area contributed by atoms with E-state index in [-0.39, 0.29) is 10.8 Å². The first kappa shape index (κ1) is 19.2. The highest BCUT2D eigenvalue weighted by Gasteiger charge is 2.12. The Bertz CT molecular complexity index is 1080. The van der Waals surface area contributed by atoms with Crippen LogP contribution in [0.4, 0.5) is 5.69 Å². The standard InChI is InChI=1S/C20H18N4O3S/c1-15(23-24-28(26,27)19-7-3-2-4-8-19)16-9-11-18(12-10-16)22-20(25)17-6-5-13-21-14-17/h2-14,24H,1H3,(H,22,25)/b23-15-. The summed E-state index contributed by atoms with van der Waals surface area (Å²) in [4.78, 5) is 18.4. The largest absolute Gasteiger partial charge is 0.322 e. The molecule has 1 aromatic heterocycles. The van der Waals surface area contributed by atoms with Crippen molar-refractivity contribution in [2.24, 2.45) is 5.10 Å². The van der Waals surface area contributed by atoms with Crippen molar-refractivity contribution < 1.29 is 13.2 Å². The summed E-state index contributed by atoms with van der Waals surface area (Å²) in [5.41, 5.74) is 2.27. The molecule has 0 aliphatic carbocycles. The van der Waals surface area contributed by atoms with E-state index >= 15 is 0 Å². The summed E-state index contributed by atoms with van der Waals surface area (Å²) in [6.07, 6.45) is 3.08. The number of carbonyl (C=O) groups excluding carboxylic acids is 1. The third kappa shape index (κ3) is 4.80. The van der Waals surface area contributed by atoms with E-state index < -0.39 is 10.0 Å². The van der Waals surface area contributed by atoms with Crippen LogP contribution in [0.2, 0.25) is 0 Å². The lowest BCUT2D eigenvalue weighted by atomic mass is 10.1. The Morgan fingerprint density at radius 1 is 0.929 bits per heavy atom. The van der Waals surface area contributed by atoms with Crippen molar-refractivity contribution in [1.82, 2.24) is 9.82 Å². The summed E-state index contributed by atoms with van der Waals surface area (Å²) in [5.74, 6) is -0.262. The average molecular weight is 394 g/mol. The van der Waals surface area contributed by atoms with E-state index in [2.05, 4.69) is 20.2 Å². The zero-order valence-electron chi connectivity index (χ0n) is 15.0. The molecule has 2 aromatic carbocycles. The number of nitrogens with one attached hydrogen (secondary N) is 2. The molecule has 0 radical (unpaired) electrons. The van der Waals surface area contributed by atoms with Crippen molar-refractivity contribution >= 4 is 27.3 Å². The fraction of sp³-hybridized carbons (Fsp3) is 0.0500. The van der Waals surface area contributed by atoms with Crippen LogP contribution in [0, 0.1) is 0 Å². The zero-order valence-corrected chi connectivity index (χ0v) is 15.8. The SMILES string of the molecule is C/C(=N/NS(=O)(=O)c1ccccc1)c1ccc(NC(=O)c2cccnc2)cc1. The lowest BCUT2D eigenvalue weighted by molar-refractivity contribution is 0.102. The van der Waals surface area contributed by atoms with Crippen molar-refractivity contribution in [3.8, 4) is 0 Å². The number of carbonyl (C=O) groups is 1. The Balaban J connectivity index is 1.67. The Labute approximate surface area is 163 Å². The number of benzene rings is 2. The van der Waals surface area contributed by atoms with Crippen molar-refractivity contribution in [2.45, 2.75) is 11.8 Å². The third-order valence-corrected chi connectivity index (χ3v) is 5.10. The molecule has 0 fully saturated rings. The number of amides is 1. The first-order valence-electron chi connectivity index (χ1n) is 8.39. The highest BCUT2D eigenvalue weighted by Crippen LogP contribution is 2.13. The molecule has 1 heterocycles. The second kappa shape index (κ2) is 8.45. The monoisotopic (exact) mass is 394 g/mol. The quantitative estimate of drug-likeness (QED) is 0.496. The van der Waals surface area contributed by atoms with Gasteiger partial charge in [0.15, 0.2) is 0 Å². The van der Waals surface area contributed by atoms with Crippen LogP contribution in [0.3, 0.4) is 0 Å². The van der Waals surface area contributed by atoms with E-state index in [0.717, 1.165) is 5.56 Å². The van der Waals surface area contributed by atoms with Gasteiger partial charge in [-0.25, -0.2) is 0 Å². The minimum Gasteiger partial charge on any atom is -0.322 e. The molecular formula is C20H18N4O3S. The van der Waals surface area contributed by atoms with E-state index in [1.54, 1.807) is 67.7 Å². The maximum Gasteiger partial charge on any atom is 0.276 e. The van der Waals surface area contributed by atoms with Gasteiger partial charge in [-0.3, -0.25) is 9.78 Å². The van der Waals surface area contributed by atoms with Gasteiger partial charge in [-0.15, -0.1) is 0 Å². The van der Waals surface area contributed by atoms with E-state index in [4.69, 9.17) is 0 Å². The van der Waals surface area contributed by atoms with Gasteiger partial charge < -0.3 is 5.32 Å². The number of aromatic nitrogens is 1. The molecule has 0 bridgehead atoms. The number of sulfonamides is 1. The van der Waals surface area contributed by atoms with Gasteiger partial charge in [0.05, 0.1) is 16.2 Å². The fourth-order valence-corrected chi connectivity index (χ4v) is 3.22. The smallest absolute Gasteiger partial charge is 0.276 e. The Kier molecular flexibility index (Phi) is 5.81. The Morgan fingerprint density at radius 2 is 1.64 bits per heavy atom. The fourth-order valence-electron chi connectivity index (χ4n) is 2.34. The van der Waals surface area contributed by atoms with Crippen LogP contribution in [0.1, 0.15) is 22.8 Å². The second-order valence-corrected chi connectivity index (χ2v) is 7.54. The summed E-state index contributed by atoms with van der Waals surface area (Å²) in [5, 5.41) is 6.74. The topological polar surface area (TPSA) is 101 Å². The molecule has 0 aliphatic rings. The Morgan fingerprint density at radius 3 is 2.29 bits per heavy atom. The van der Waals surface area contributed by atoms with E-state index in [1.165, 1.54) is 18.3 Å². The lowest BCUT2D eigenvalue weighted by Crippen LogP contribution is -2.19. The first-order valence-corrected chi connectivity index (χ1v) is 9.87. The van der Waals surface area contributed by atoms with Crippen molar-refractivity contribution in [2.75, 3.05) is 5.32 Å². The van der Waals surface area contributed by atoms with Crippen LogP contribution >= 0.6 is 0 Å². The third-order valence-electron chi connectivity index (χ3n) is 3.87. The van der Waals surface area contributed by atoms with Gasteiger partial charge in [-0.2, -0.15) is 18.4 Å². The molecule has 7 nitrogen and oxygen atoms in total. The van der Waals surface area contributed by atoms with Gasteiger partial charge in [0.1, 0.15) is 0 Å². The molecule has 0 saturated heterocycles. The Hall–Kier alpha value is -3.52. The van der Waals surface area contributed by atoms with Gasteiger partial charge >= 0.3 is 0 Å². The van der Waals surface area contributed by atoms with E-state index in [1.807, 2.05) is 0 Å². The van der Waals surface area contributed by atoms with Crippen molar-refractivity contribution in [3.05, 3.63) is 90.3 Å². The molecule has 0 atom stereocenters. The highest BCUT2D eigenvalue weighted by molar-refractivity contribution is 7.89. The first-order chi connectivity index (χ1) is 13.5. The minimum absolute atomic E-state index is 0.139. The molecule has 28 heavy (non-hydrogen) atoms. The van der Waals surface area contributed by atoms with Crippen molar-refractivity contribution in [3.63, 3.8) is 0 Å². The van der Waals surface area contributed by atoms with Crippen LogP contribution in [0.15, 0.2) is 89.1 Å². The maximum absolute atomic E-state index is 12.2. The molecule has 142 valence electrons. The molecule has 8 heteroatoms. The number of rotatable bonds is 6. The van der Waals surface area contributed by atoms with Gasteiger partial charge in [-0.05, 0) is 48.9 Å². The summed E-state index contributed by atoms with van der Waals surface area (Å²) in [6.45, 7) is 1.69. The molecular weight excluding hydrogens is 376 g/mol. The predicted molar refractivity (Wildman–Crippen MR) is 108 cm³/mol. The van der Waals surface area contributed by atoms with Gasteiger partial charge in [-0.1, -0.05) is 30.3 Å². The molecule has 0 unspecified atom stereocenters.